The number of carbonyl (C=O) groups is 2. The number of fused-ring (bicyclic) bond motifs is 2. The topological polar surface area (TPSA) is 120 Å². The van der Waals surface area contributed by atoms with Crippen LogP contribution in [-0.4, -0.2) is 80.0 Å². The monoisotopic (exact) mass is 586 g/mol. The van der Waals surface area contributed by atoms with Crippen LogP contribution in [0.3, 0.4) is 0 Å². The fourth-order valence-corrected chi connectivity index (χ4v) is 7.51. The van der Waals surface area contributed by atoms with E-state index in [4.69, 9.17) is 9.72 Å². The van der Waals surface area contributed by atoms with Gasteiger partial charge in [-0.15, -0.1) is 11.3 Å². The molecule has 3 heterocycles. The van der Waals surface area contributed by atoms with Gasteiger partial charge in [0.2, 0.25) is 0 Å². The summed E-state index contributed by atoms with van der Waals surface area (Å²) in [6.07, 6.45) is 2.00. The third kappa shape index (κ3) is 6.75. The number of para-hydroxylation sites is 1. The van der Waals surface area contributed by atoms with Crippen LogP contribution >= 0.6 is 11.3 Å². The van der Waals surface area contributed by atoms with E-state index in [0.29, 0.717) is 13.0 Å². The average molecular weight is 587 g/mol. The molecule has 9 heteroatoms. The maximum Gasteiger partial charge on any atom is 0.309 e. The fourth-order valence-electron chi connectivity index (χ4n) is 6.53. The van der Waals surface area contributed by atoms with Crippen molar-refractivity contribution in [1.82, 2.24) is 9.88 Å². The van der Waals surface area contributed by atoms with Crippen molar-refractivity contribution < 1.29 is 29.6 Å². The summed E-state index contributed by atoms with van der Waals surface area (Å²) in [6.45, 7) is 11.6. The number of thiazole rings is 1. The molecule has 0 bridgehead atoms. The Labute approximate surface area is 247 Å². The first-order chi connectivity index (χ1) is 19.3. The van der Waals surface area contributed by atoms with Gasteiger partial charge < -0.3 is 20.1 Å². The lowest BCUT2D eigenvalue weighted by atomic mass is 9.73. The van der Waals surface area contributed by atoms with E-state index in [2.05, 4.69) is 11.8 Å². The lowest BCUT2D eigenvalue weighted by molar-refractivity contribution is -0.154. The summed E-state index contributed by atoms with van der Waals surface area (Å²) in [6, 6.07) is 8.03. The minimum atomic E-state index is -1.26. The molecule has 41 heavy (non-hydrogen) atoms. The number of hydrogen-bond donors (Lipinski definition) is 3. The van der Waals surface area contributed by atoms with E-state index >= 15 is 0 Å². The predicted octanol–water partition coefficient (Wildman–Crippen LogP) is 4.60. The Morgan fingerprint density at radius 3 is 2.59 bits per heavy atom. The van der Waals surface area contributed by atoms with Crippen LogP contribution < -0.4 is 0 Å². The number of β-amino-alcohol motifs (C(OH)–C–C–N with tert-alkyl or cyclic N) is 1. The molecule has 1 unspecified atom stereocenters. The first-order valence-electron chi connectivity index (χ1n) is 14.8. The second-order valence-corrected chi connectivity index (χ2v) is 13.9. The minimum Gasteiger partial charge on any atom is -0.458 e. The minimum absolute atomic E-state index is 0.0348. The van der Waals surface area contributed by atoms with Crippen LogP contribution in [0, 0.1) is 17.3 Å². The van der Waals surface area contributed by atoms with E-state index in [1.807, 2.05) is 44.2 Å². The lowest BCUT2D eigenvalue weighted by Crippen LogP contribution is -2.45. The average Bonchev–Trinajstić information content (AvgIpc) is 3.25. The third-order valence-electron chi connectivity index (χ3n) is 9.58. The van der Waals surface area contributed by atoms with Crippen molar-refractivity contribution in [2.24, 2.45) is 17.3 Å². The molecule has 2 fully saturated rings. The number of benzene rings is 1. The molecule has 4 rings (SSSR count). The van der Waals surface area contributed by atoms with Crippen molar-refractivity contribution in [3.8, 4) is 0 Å². The smallest absolute Gasteiger partial charge is 0.309 e. The molecular weight excluding hydrogens is 540 g/mol. The van der Waals surface area contributed by atoms with Crippen molar-refractivity contribution in [2.75, 3.05) is 13.2 Å². The van der Waals surface area contributed by atoms with Crippen LogP contribution in [0.5, 0.6) is 0 Å². The molecule has 8 atom stereocenters. The van der Waals surface area contributed by atoms with Gasteiger partial charge in [0, 0.05) is 30.5 Å². The maximum atomic E-state index is 13.4. The zero-order valence-electron chi connectivity index (χ0n) is 25.2. The molecule has 2 aliphatic rings. The fraction of sp³-hybridized carbons (Fsp3) is 0.656. The number of esters is 1. The Kier molecular flexibility index (Phi) is 9.76. The molecule has 226 valence electrons. The van der Waals surface area contributed by atoms with E-state index in [9.17, 15) is 24.9 Å². The zero-order valence-corrected chi connectivity index (χ0v) is 26.0. The van der Waals surface area contributed by atoms with Gasteiger partial charge in [-0.1, -0.05) is 46.2 Å². The number of carbonyl (C=O) groups excluding carboxylic acids is 2. The highest BCUT2D eigenvalue weighted by molar-refractivity contribution is 7.19. The van der Waals surface area contributed by atoms with Crippen molar-refractivity contribution in [1.29, 1.82) is 0 Å². The maximum absolute atomic E-state index is 13.4. The highest BCUT2D eigenvalue weighted by atomic mass is 32.1. The van der Waals surface area contributed by atoms with Crippen LogP contribution in [-0.2, 0) is 14.3 Å². The number of rotatable bonds is 4. The molecule has 0 spiro atoms. The van der Waals surface area contributed by atoms with E-state index in [1.165, 1.54) is 0 Å². The largest absolute Gasteiger partial charge is 0.458 e. The number of cyclic esters (lactones) is 1. The zero-order chi connectivity index (χ0) is 30.1. The molecule has 0 radical (unpaired) electrons. The molecule has 3 N–H and O–H groups in total. The van der Waals surface area contributed by atoms with E-state index in [0.717, 1.165) is 40.1 Å². The molecule has 0 aliphatic carbocycles. The van der Waals surface area contributed by atoms with Gasteiger partial charge in [0.05, 0.1) is 40.9 Å². The SMILES string of the molecule is C/C(=C\c1nc2ccccc2s1)[C@@H]1C[C@@H]2N(CCO)[C@]2(C)CCC[C@H](C)[C@H](O)[C@@H](C)C(=O)C(C)(C)[C@@H](O)CC(=O)O1. The predicted molar refractivity (Wildman–Crippen MR) is 161 cm³/mol. The van der Waals surface area contributed by atoms with E-state index in [-0.39, 0.29) is 36.3 Å². The van der Waals surface area contributed by atoms with Gasteiger partial charge in [0.15, 0.2) is 0 Å². The molecule has 2 aromatic rings. The number of hydrogen-bond acceptors (Lipinski definition) is 9. The third-order valence-corrected chi connectivity index (χ3v) is 10.6. The Bertz CT molecular complexity index is 1240. The molecular formula is C32H46N2O6S. The van der Waals surface area contributed by atoms with Crippen LogP contribution in [0.1, 0.15) is 78.7 Å². The summed E-state index contributed by atoms with van der Waals surface area (Å²) in [4.78, 5) is 33.6. The summed E-state index contributed by atoms with van der Waals surface area (Å²) < 4.78 is 7.13. The van der Waals surface area contributed by atoms with Crippen molar-refractivity contribution >= 4 is 39.4 Å². The quantitative estimate of drug-likeness (QED) is 0.351. The van der Waals surface area contributed by atoms with Crippen LogP contribution in [0.25, 0.3) is 16.3 Å². The molecule has 2 aliphatic heterocycles. The Morgan fingerprint density at radius 2 is 1.90 bits per heavy atom. The summed E-state index contributed by atoms with van der Waals surface area (Å²) in [5, 5.41) is 32.6. The number of ether oxygens (including phenoxy) is 1. The molecule has 2 saturated heterocycles. The van der Waals surface area contributed by atoms with Crippen LogP contribution in [0.2, 0.25) is 0 Å². The number of Topliss-reactive ketones (excluding diaryl/α,β-unsaturated/α-hetero) is 1. The van der Waals surface area contributed by atoms with E-state index in [1.54, 1.807) is 32.1 Å². The van der Waals surface area contributed by atoms with Gasteiger partial charge in [0.1, 0.15) is 16.9 Å². The van der Waals surface area contributed by atoms with Gasteiger partial charge in [-0.2, -0.15) is 0 Å². The lowest BCUT2D eigenvalue weighted by Gasteiger charge is -2.34. The Hall–Kier alpha value is -2.17. The number of ketones is 1. The first kappa shape index (κ1) is 31.8. The standard InChI is InChI=1S/C32H46N2O6S/c1-19-10-9-13-32(6)25(34(32)14-15-35)17-23(20(2)16-27-33-22-11-7-8-12-24(22)41-27)40-28(37)18-26(36)31(4,5)30(39)21(3)29(19)38/h7-8,11-12,16,19,21,23,25-26,29,35-36,38H,9-10,13-15,17-18H2,1-6H3/b20-16+/t19-,21+,23-,25-,26-,29-,32+,34?/m0/s1. The summed E-state index contributed by atoms with van der Waals surface area (Å²) in [5.74, 6) is -1.62. The number of aliphatic hydroxyl groups is 3. The van der Waals surface area contributed by atoms with Gasteiger partial charge >= 0.3 is 5.97 Å². The first-order valence-corrected chi connectivity index (χ1v) is 15.6. The normalized spacial score (nSPS) is 35.6. The number of aliphatic hydroxyl groups excluding tert-OH is 3. The molecule has 1 aromatic heterocycles. The molecule has 0 amide bonds. The second kappa shape index (κ2) is 12.6. The number of nitrogens with zero attached hydrogens (tertiary/aromatic N) is 2. The van der Waals surface area contributed by atoms with Gasteiger partial charge in [-0.05, 0) is 56.4 Å². The highest BCUT2D eigenvalue weighted by Crippen LogP contribution is 2.48. The second-order valence-electron chi connectivity index (χ2n) is 12.9. The highest BCUT2D eigenvalue weighted by Gasteiger charge is 2.58. The van der Waals surface area contributed by atoms with Crippen LogP contribution in [0.4, 0.5) is 0 Å². The summed E-state index contributed by atoms with van der Waals surface area (Å²) in [7, 11) is 0. The molecule has 0 saturated carbocycles. The van der Waals surface area contributed by atoms with Crippen LogP contribution in [0.15, 0.2) is 29.8 Å². The van der Waals surface area contributed by atoms with Gasteiger partial charge in [-0.25, -0.2) is 4.98 Å². The Morgan fingerprint density at radius 1 is 1.20 bits per heavy atom. The number of aromatic nitrogens is 1. The van der Waals surface area contributed by atoms with Gasteiger partial charge in [0.25, 0.3) is 0 Å². The Balaban J connectivity index is 1.65. The molecule has 1 aromatic carbocycles. The summed E-state index contributed by atoms with van der Waals surface area (Å²) >= 11 is 1.57. The molecule has 8 nitrogen and oxygen atoms in total. The van der Waals surface area contributed by atoms with Crippen molar-refractivity contribution in [3.63, 3.8) is 0 Å². The summed E-state index contributed by atoms with van der Waals surface area (Å²) in [5.41, 5.74) is 0.365. The van der Waals surface area contributed by atoms with E-state index < -0.39 is 35.6 Å². The van der Waals surface area contributed by atoms with Crippen molar-refractivity contribution in [3.05, 3.63) is 34.8 Å². The van der Waals surface area contributed by atoms with Crippen molar-refractivity contribution in [2.45, 2.75) is 104 Å². The van der Waals surface area contributed by atoms with Gasteiger partial charge in [-0.3, -0.25) is 14.5 Å².